The van der Waals surface area contributed by atoms with Crippen LogP contribution in [0.5, 0.6) is 0 Å². The van der Waals surface area contributed by atoms with Crippen molar-refractivity contribution in [1.29, 1.82) is 5.26 Å². The van der Waals surface area contributed by atoms with E-state index in [1.54, 1.807) is 0 Å². The number of aromatic nitrogens is 1. The van der Waals surface area contributed by atoms with Crippen molar-refractivity contribution in [1.82, 2.24) is 4.57 Å². The first-order chi connectivity index (χ1) is 12.3. The number of rotatable bonds is 4. The average molecular weight is 386 g/mol. The lowest BCUT2D eigenvalue weighted by atomic mass is 9.93. The Kier molecular flexibility index (Phi) is 4.80. The van der Waals surface area contributed by atoms with Crippen LogP contribution in [0.3, 0.4) is 0 Å². The summed E-state index contributed by atoms with van der Waals surface area (Å²) in [6, 6.07) is 4.87. The second kappa shape index (κ2) is 6.76. The molecule has 0 N–H and O–H groups in total. The molecular weight excluding hydrogens is 375 g/mol. The molecule has 0 spiro atoms. The molecule has 0 bridgehead atoms. The third kappa shape index (κ3) is 3.09. The van der Waals surface area contributed by atoms with Crippen LogP contribution in [0.1, 0.15) is 34.5 Å². The molecule has 0 aliphatic heterocycles. The van der Waals surface area contributed by atoms with Gasteiger partial charge in [-0.3, -0.25) is 4.79 Å². The fourth-order valence-corrected chi connectivity index (χ4v) is 3.64. The van der Waals surface area contributed by atoms with Gasteiger partial charge in [0.1, 0.15) is 5.82 Å². The number of carbonyl (C=O) groups is 1. The fourth-order valence-electron chi connectivity index (χ4n) is 2.88. The molecule has 9 heteroatoms. The molecule has 2 aromatic rings. The van der Waals surface area contributed by atoms with Crippen LogP contribution in [0.2, 0.25) is 0 Å². The number of nitrogens with zero attached hydrogens (tertiary/aromatic N) is 2. The summed E-state index contributed by atoms with van der Waals surface area (Å²) in [6.07, 6.45) is -2.54. The summed E-state index contributed by atoms with van der Waals surface area (Å²) in [5.74, 6) is -6.01. The summed E-state index contributed by atoms with van der Waals surface area (Å²) in [6.45, 7) is 0. The number of thioether (sulfide) groups is 1. The van der Waals surface area contributed by atoms with Crippen LogP contribution in [0.4, 0.5) is 22.0 Å². The summed E-state index contributed by atoms with van der Waals surface area (Å²) in [7, 11) is 0. The third-order valence-electron chi connectivity index (χ3n) is 4.09. The van der Waals surface area contributed by atoms with Gasteiger partial charge in [0.2, 0.25) is 5.78 Å². The lowest BCUT2D eigenvalue weighted by Crippen LogP contribution is -2.34. The lowest BCUT2D eigenvalue weighted by molar-refractivity contribution is 0.00143. The van der Waals surface area contributed by atoms with E-state index in [9.17, 15) is 26.7 Å². The van der Waals surface area contributed by atoms with Crippen molar-refractivity contribution in [2.45, 2.75) is 30.1 Å². The second-order valence-electron chi connectivity index (χ2n) is 5.67. The number of benzene rings is 1. The van der Waals surface area contributed by atoms with Gasteiger partial charge in [0.15, 0.2) is 0 Å². The minimum Gasteiger partial charge on any atom is -0.319 e. The van der Waals surface area contributed by atoms with E-state index in [0.29, 0.717) is 0 Å². The average Bonchev–Trinajstić information content (AvgIpc) is 2.95. The maximum atomic E-state index is 13.8. The molecule has 1 aromatic carbocycles. The Morgan fingerprint density at radius 1 is 1.35 bits per heavy atom. The topological polar surface area (TPSA) is 45.8 Å². The van der Waals surface area contributed by atoms with Crippen LogP contribution in [-0.2, 0) is 6.42 Å². The molecule has 0 saturated heterocycles. The van der Waals surface area contributed by atoms with Gasteiger partial charge in [-0.05, 0) is 24.6 Å². The molecule has 26 heavy (non-hydrogen) atoms. The van der Waals surface area contributed by atoms with Crippen LogP contribution in [0, 0.1) is 17.1 Å². The van der Waals surface area contributed by atoms with Gasteiger partial charge in [-0.25, -0.2) is 13.2 Å². The molecule has 136 valence electrons. The first-order valence-corrected chi connectivity index (χ1v) is 8.49. The Bertz CT molecular complexity index is 917. The highest BCUT2D eigenvalue weighted by molar-refractivity contribution is 7.99. The number of Topliss-reactive ketones (excluding diaryl/α,β-unsaturated/α-hetero) is 1. The molecule has 0 saturated carbocycles. The van der Waals surface area contributed by atoms with Gasteiger partial charge in [-0.2, -0.15) is 14.0 Å². The highest BCUT2D eigenvalue weighted by Gasteiger charge is 2.46. The number of hydrogen-bond donors (Lipinski definition) is 0. The lowest BCUT2D eigenvalue weighted by Gasteiger charge is -2.22. The van der Waals surface area contributed by atoms with E-state index in [1.165, 1.54) is 16.8 Å². The summed E-state index contributed by atoms with van der Waals surface area (Å²) in [5, 5.41) is 8.72. The summed E-state index contributed by atoms with van der Waals surface area (Å²) >= 11 is 0.910. The van der Waals surface area contributed by atoms with Gasteiger partial charge >= 0.3 is 5.92 Å². The fraction of sp³-hybridized carbons (Fsp3) is 0.294. The van der Waals surface area contributed by atoms with Gasteiger partial charge in [-0.15, -0.1) is 11.8 Å². The van der Waals surface area contributed by atoms with Crippen molar-refractivity contribution < 1.29 is 26.7 Å². The Morgan fingerprint density at radius 3 is 2.73 bits per heavy atom. The third-order valence-corrected chi connectivity index (χ3v) is 4.99. The molecular formula is C17H11F5N2OS. The molecule has 0 amide bonds. The number of halogens is 5. The largest absolute Gasteiger partial charge is 0.319 e. The minimum atomic E-state index is -3.52. The van der Waals surface area contributed by atoms with E-state index in [2.05, 4.69) is 0 Å². The Balaban J connectivity index is 2.17. The predicted octanol–water partition coefficient (Wildman–Crippen LogP) is 4.93. The normalized spacial score (nSPS) is 15.8. The molecule has 1 aliphatic carbocycles. The van der Waals surface area contributed by atoms with E-state index < -0.39 is 35.9 Å². The Morgan fingerprint density at radius 2 is 2.08 bits per heavy atom. The molecule has 1 heterocycles. The first kappa shape index (κ1) is 18.5. The van der Waals surface area contributed by atoms with Gasteiger partial charge in [0.25, 0.3) is 6.43 Å². The molecule has 0 radical (unpaired) electrons. The molecule has 0 atom stereocenters. The van der Waals surface area contributed by atoms with E-state index in [0.717, 1.165) is 23.9 Å². The van der Waals surface area contributed by atoms with Crippen LogP contribution < -0.4 is 0 Å². The Labute approximate surface area is 149 Å². The van der Waals surface area contributed by atoms with Crippen molar-refractivity contribution in [3.63, 3.8) is 0 Å². The predicted molar refractivity (Wildman–Crippen MR) is 84.6 cm³/mol. The molecule has 1 aromatic heterocycles. The van der Waals surface area contributed by atoms with Crippen molar-refractivity contribution >= 4 is 17.5 Å². The first-order valence-electron chi connectivity index (χ1n) is 7.51. The SMILES string of the molecule is N#CCSc1cn(-c2ccc(F)c(C(F)F)c2)c2c1C(=O)C(F)(F)CC2. The quantitative estimate of drug-likeness (QED) is 0.553. The monoisotopic (exact) mass is 386 g/mol. The molecule has 3 nitrogen and oxygen atoms in total. The number of alkyl halides is 4. The number of carbonyl (C=O) groups excluding carboxylic acids is 1. The molecule has 3 rings (SSSR count). The van der Waals surface area contributed by atoms with Gasteiger partial charge in [0.05, 0.1) is 22.9 Å². The van der Waals surface area contributed by atoms with Crippen LogP contribution in [0.25, 0.3) is 5.69 Å². The smallest absolute Gasteiger partial charge is 0.310 e. The van der Waals surface area contributed by atoms with E-state index in [4.69, 9.17) is 5.26 Å². The summed E-state index contributed by atoms with van der Waals surface area (Å²) in [5.41, 5.74) is -0.638. The van der Waals surface area contributed by atoms with Crippen LogP contribution >= 0.6 is 11.8 Å². The number of hydrogen-bond acceptors (Lipinski definition) is 3. The summed E-state index contributed by atoms with van der Waals surface area (Å²) < 4.78 is 68.4. The van der Waals surface area contributed by atoms with Crippen LogP contribution in [0.15, 0.2) is 29.3 Å². The maximum absolute atomic E-state index is 13.8. The molecule has 1 aliphatic rings. The second-order valence-corrected chi connectivity index (χ2v) is 6.69. The van der Waals surface area contributed by atoms with E-state index in [-0.39, 0.29) is 34.0 Å². The van der Waals surface area contributed by atoms with Crippen molar-refractivity contribution in [3.05, 3.63) is 47.0 Å². The van der Waals surface area contributed by atoms with Crippen LogP contribution in [-0.4, -0.2) is 22.0 Å². The van der Waals surface area contributed by atoms with Crippen molar-refractivity contribution in [2.75, 3.05) is 5.75 Å². The van der Waals surface area contributed by atoms with Gasteiger partial charge in [-0.1, -0.05) is 0 Å². The van der Waals surface area contributed by atoms with Crippen molar-refractivity contribution in [3.8, 4) is 11.8 Å². The minimum absolute atomic E-state index is 0.0684. The Hall–Kier alpha value is -2.34. The number of ketones is 1. The highest BCUT2D eigenvalue weighted by atomic mass is 32.2. The zero-order valence-corrected chi connectivity index (χ0v) is 13.9. The van der Waals surface area contributed by atoms with Crippen molar-refractivity contribution in [2.24, 2.45) is 0 Å². The van der Waals surface area contributed by atoms with Gasteiger partial charge < -0.3 is 4.57 Å². The standard InChI is InChI=1S/C17H11F5N2OS/c18-11-2-1-9(7-10(11)16(19)20)24-8-13(26-6-5-23)14-12(24)3-4-17(21,22)15(14)25/h1-2,7-8,16H,3-4,6H2. The van der Waals surface area contributed by atoms with Gasteiger partial charge in [0, 0.05) is 28.9 Å². The van der Waals surface area contributed by atoms with E-state index >= 15 is 0 Å². The maximum Gasteiger partial charge on any atom is 0.310 e. The molecule has 0 fully saturated rings. The highest BCUT2D eigenvalue weighted by Crippen LogP contribution is 2.40. The number of nitriles is 1. The van der Waals surface area contributed by atoms with E-state index in [1.807, 2.05) is 6.07 Å². The number of fused-ring (bicyclic) bond motifs is 1. The zero-order valence-electron chi connectivity index (χ0n) is 13.1. The molecule has 0 unspecified atom stereocenters. The zero-order chi connectivity index (χ0) is 19.1. The summed E-state index contributed by atoms with van der Waals surface area (Å²) in [4.78, 5) is 12.3.